The first kappa shape index (κ1) is 12.5. The van der Waals surface area contributed by atoms with Crippen molar-refractivity contribution >= 4 is 11.6 Å². The van der Waals surface area contributed by atoms with Crippen LogP contribution in [0.4, 0.5) is 5.69 Å². The van der Waals surface area contributed by atoms with Gasteiger partial charge in [-0.15, -0.1) is 0 Å². The number of hydrogen-bond donors (Lipinski definition) is 2. The Kier molecular flexibility index (Phi) is 4.79. The van der Waals surface area contributed by atoms with Gasteiger partial charge in [0.2, 0.25) is 5.91 Å². The number of methoxy groups -OCH3 is 1. The first-order valence-corrected chi connectivity index (χ1v) is 5.22. The SMILES string of the molecule is COc1ccc(CCCO)cc1NC(C)=O. The summed E-state index contributed by atoms with van der Waals surface area (Å²) >= 11 is 0. The summed E-state index contributed by atoms with van der Waals surface area (Å²) in [5, 5.41) is 11.5. The molecule has 1 amide bonds. The third kappa shape index (κ3) is 3.55. The highest BCUT2D eigenvalue weighted by Crippen LogP contribution is 2.25. The van der Waals surface area contributed by atoms with Gasteiger partial charge in [-0.05, 0) is 30.5 Å². The van der Waals surface area contributed by atoms with Crippen molar-refractivity contribution in [2.45, 2.75) is 19.8 Å². The van der Waals surface area contributed by atoms with E-state index in [1.165, 1.54) is 6.92 Å². The zero-order chi connectivity index (χ0) is 12.0. The first-order valence-electron chi connectivity index (χ1n) is 5.22. The molecule has 2 N–H and O–H groups in total. The van der Waals surface area contributed by atoms with Crippen LogP contribution in [-0.2, 0) is 11.2 Å². The second kappa shape index (κ2) is 6.12. The van der Waals surface area contributed by atoms with Crippen LogP contribution in [0.2, 0.25) is 0 Å². The molecule has 0 unspecified atom stereocenters. The summed E-state index contributed by atoms with van der Waals surface area (Å²) in [5.74, 6) is 0.514. The highest BCUT2D eigenvalue weighted by molar-refractivity contribution is 5.90. The van der Waals surface area contributed by atoms with Crippen LogP contribution in [0.5, 0.6) is 5.75 Å². The summed E-state index contributed by atoms with van der Waals surface area (Å²) in [6.07, 6.45) is 1.50. The molecule has 0 aromatic heterocycles. The number of ether oxygens (including phenoxy) is 1. The van der Waals surface area contributed by atoms with Gasteiger partial charge in [-0.3, -0.25) is 4.79 Å². The molecule has 0 aliphatic carbocycles. The predicted molar refractivity (Wildman–Crippen MR) is 62.7 cm³/mol. The summed E-state index contributed by atoms with van der Waals surface area (Å²) in [4.78, 5) is 11.0. The zero-order valence-corrected chi connectivity index (χ0v) is 9.62. The highest BCUT2D eigenvalue weighted by atomic mass is 16.5. The van der Waals surface area contributed by atoms with Gasteiger partial charge < -0.3 is 15.2 Å². The van der Waals surface area contributed by atoms with Crippen LogP contribution < -0.4 is 10.1 Å². The van der Waals surface area contributed by atoms with Crippen LogP contribution in [0.3, 0.4) is 0 Å². The molecular formula is C12H17NO3. The third-order valence-corrected chi connectivity index (χ3v) is 2.20. The molecule has 4 nitrogen and oxygen atoms in total. The Morgan fingerprint density at radius 1 is 1.50 bits per heavy atom. The predicted octanol–water partition coefficient (Wildman–Crippen LogP) is 1.58. The lowest BCUT2D eigenvalue weighted by Gasteiger charge is -2.10. The minimum Gasteiger partial charge on any atom is -0.495 e. The van der Waals surface area contributed by atoms with Crippen molar-refractivity contribution in [1.29, 1.82) is 0 Å². The largest absolute Gasteiger partial charge is 0.495 e. The minimum absolute atomic E-state index is 0.127. The molecule has 1 aromatic carbocycles. The number of aliphatic hydroxyl groups excluding tert-OH is 1. The summed E-state index contributed by atoms with van der Waals surface area (Å²) in [5.41, 5.74) is 1.74. The Labute approximate surface area is 95.2 Å². The maximum Gasteiger partial charge on any atom is 0.221 e. The average Bonchev–Trinajstić information content (AvgIpc) is 2.26. The number of carbonyl (C=O) groups excluding carboxylic acids is 1. The lowest BCUT2D eigenvalue weighted by molar-refractivity contribution is -0.114. The molecule has 0 spiro atoms. The molecule has 0 fully saturated rings. The maximum atomic E-state index is 11.0. The second-order valence-corrected chi connectivity index (χ2v) is 3.54. The van der Waals surface area contributed by atoms with Crippen molar-refractivity contribution in [3.05, 3.63) is 23.8 Å². The molecular weight excluding hydrogens is 206 g/mol. The van der Waals surface area contributed by atoms with E-state index in [0.717, 1.165) is 12.0 Å². The molecule has 4 heteroatoms. The zero-order valence-electron chi connectivity index (χ0n) is 9.62. The fourth-order valence-corrected chi connectivity index (χ4v) is 1.48. The van der Waals surface area contributed by atoms with E-state index in [4.69, 9.17) is 9.84 Å². The molecule has 0 aliphatic heterocycles. The van der Waals surface area contributed by atoms with Crippen molar-refractivity contribution in [2.75, 3.05) is 19.0 Å². The topological polar surface area (TPSA) is 58.6 Å². The maximum absolute atomic E-state index is 11.0. The number of aliphatic hydroxyl groups is 1. The van der Waals surface area contributed by atoms with Crippen molar-refractivity contribution < 1.29 is 14.6 Å². The van der Waals surface area contributed by atoms with Crippen molar-refractivity contribution in [1.82, 2.24) is 0 Å². The fraction of sp³-hybridized carbons (Fsp3) is 0.417. The van der Waals surface area contributed by atoms with Gasteiger partial charge in [0, 0.05) is 13.5 Å². The van der Waals surface area contributed by atoms with Gasteiger partial charge in [-0.1, -0.05) is 6.07 Å². The number of hydrogen-bond acceptors (Lipinski definition) is 3. The number of carbonyl (C=O) groups is 1. The van der Waals surface area contributed by atoms with Gasteiger partial charge in [0.25, 0.3) is 0 Å². The number of amides is 1. The van der Waals surface area contributed by atoms with Gasteiger partial charge >= 0.3 is 0 Å². The van der Waals surface area contributed by atoms with Crippen LogP contribution in [-0.4, -0.2) is 24.7 Å². The Balaban J connectivity index is 2.87. The summed E-state index contributed by atoms with van der Waals surface area (Å²) < 4.78 is 5.14. The fourth-order valence-electron chi connectivity index (χ4n) is 1.48. The second-order valence-electron chi connectivity index (χ2n) is 3.54. The van der Waals surface area contributed by atoms with E-state index in [1.807, 2.05) is 18.2 Å². The number of aryl methyl sites for hydroxylation is 1. The molecule has 0 saturated heterocycles. The molecule has 0 aliphatic rings. The average molecular weight is 223 g/mol. The molecule has 0 saturated carbocycles. The van der Waals surface area contributed by atoms with Crippen molar-refractivity contribution in [2.24, 2.45) is 0 Å². The van der Waals surface area contributed by atoms with Crippen LogP contribution >= 0.6 is 0 Å². The minimum atomic E-state index is -0.127. The van der Waals surface area contributed by atoms with Crippen molar-refractivity contribution in [3.63, 3.8) is 0 Å². The summed E-state index contributed by atoms with van der Waals surface area (Å²) in [7, 11) is 1.56. The van der Waals surface area contributed by atoms with E-state index in [-0.39, 0.29) is 12.5 Å². The Morgan fingerprint density at radius 2 is 2.25 bits per heavy atom. The van der Waals surface area contributed by atoms with Crippen LogP contribution in [0.1, 0.15) is 18.9 Å². The molecule has 1 aromatic rings. The van der Waals surface area contributed by atoms with Gasteiger partial charge in [-0.25, -0.2) is 0 Å². The van der Waals surface area contributed by atoms with Crippen molar-refractivity contribution in [3.8, 4) is 5.75 Å². The number of nitrogens with one attached hydrogen (secondary N) is 1. The number of benzene rings is 1. The summed E-state index contributed by atoms with van der Waals surface area (Å²) in [6, 6.07) is 5.62. The van der Waals surface area contributed by atoms with Gasteiger partial charge in [-0.2, -0.15) is 0 Å². The van der Waals surface area contributed by atoms with E-state index in [2.05, 4.69) is 5.32 Å². The molecule has 16 heavy (non-hydrogen) atoms. The molecule has 0 bridgehead atoms. The summed E-state index contributed by atoms with van der Waals surface area (Å²) in [6.45, 7) is 1.63. The standard InChI is InChI=1S/C12H17NO3/c1-9(15)13-11-8-10(4-3-7-14)5-6-12(11)16-2/h5-6,8,14H,3-4,7H2,1-2H3,(H,13,15). The van der Waals surface area contributed by atoms with Gasteiger partial charge in [0.05, 0.1) is 12.8 Å². The Morgan fingerprint density at radius 3 is 2.81 bits per heavy atom. The van der Waals surface area contributed by atoms with Crippen LogP contribution in [0.25, 0.3) is 0 Å². The lowest BCUT2D eigenvalue weighted by Crippen LogP contribution is -2.07. The van der Waals surface area contributed by atoms with E-state index in [1.54, 1.807) is 7.11 Å². The van der Waals surface area contributed by atoms with Gasteiger partial charge in [0.15, 0.2) is 0 Å². The Hall–Kier alpha value is -1.55. The van der Waals surface area contributed by atoms with Crippen LogP contribution in [0, 0.1) is 0 Å². The van der Waals surface area contributed by atoms with E-state index < -0.39 is 0 Å². The molecule has 0 heterocycles. The van der Waals surface area contributed by atoms with Gasteiger partial charge in [0.1, 0.15) is 5.75 Å². The van der Waals surface area contributed by atoms with E-state index >= 15 is 0 Å². The molecule has 1 rings (SSSR count). The van der Waals surface area contributed by atoms with Crippen LogP contribution in [0.15, 0.2) is 18.2 Å². The van der Waals surface area contributed by atoms with E-state index in [0.29, 0.717) is 17.9 Å². The smallest absolute Gasteiger partial charge is 0.221 e. The molecule has 88 valence electrons. The molecule has 0 atom stereocenters. The number of rotatable bonds is 5. The monoisotopic (exact) mass is 223 g/mol. The normalized spacial score (nSPS) is 9.94. The highest BCUT2D eigenvalue weighted by Gasteiger charge is 2.05. The quantitative estimate of drug-likeness (QED) is 0.796. The number of anilines is 1. The first-order chi connectivity index (χ1) is 7.67. The lowest BCUT2D eigenvalue weighted by atomic mass is 10.1. The van der Waals surface area contributed by atoms with E-state index in [9.17, 15) is 4.79 Å². The molecule has 0 radical (unpaired) electrons. The third-order valence-electron chi connectivity index (χ3n) is 2.20. The Bertz CT molecular complexity index is 363.